The average Bonchev–Trinajstić information content (AvgIpc) is 3.28. The topological polar surface area (TPSA) is 43.5 Å². The van der Waals surface area contributed by atoms with Crippen LogP contribution in [0.1, 0.15) is 30.5 Å². The van der Waals surface area contributed by atoms with E-state index in [9.17, 15) is 0 Å². The normalized spacial score (nSPS) is 16.4. The molecule has 1 fully saturated rings. The van der Waals surface area contributed by atoms with Gasteiger partial charge in [0, 0.05) is 12.5 Å². The van der Waals surface area contributed by atoms with Gasteiger partial charge in [0.2, 0.25) is 0 Å². The molecular weight excluding hydrogens is 280 g/mol. The third-order valence-corrected chi connectivity index (χ3v) is 4.06. The van der Waals surface area contributed by atoms with E-state index in [4.69, 9.17) is 9.47 Å². The molecule has 0 bridgehead atoms. The van der Waals surface area contributed by atoms with Crippen LogP contribution in [0.15, 0.2) is 48.5 Å². The number of ether oxygens (including phenoxy) is 2. The van der Waals surface area contributed by atoms with Crippen LogP contribution in [0.5, 0.6) is 5.75 Å². The highest BCUT2D eigenvalue weighted by Crippen LogP contribution is 2.36. The number of rotatable bonds is 5. The minimum Gasteiger partial charge on any atom is -0.413 e. The summed E-state index contributed by atoms with van der Waals surface area (Å²) >= 11 is 0. The van der Waals surface area contributed by atoms with E-state index in [1.54, 1.807) is 0 Å². The van der Waals surface area contributed by atoms with Gasteiger partial charge in [-0.05, 0) is 30.2 Å². The van der Waals surface area contributed by atoms with Gasteiger partial charge in [0.25, 0.3) is 0 Å². The first-order chi connectivity index (χ1) is 10.5. The van der Waals surface area contributed by atoms with Crippen LogP contribution in [-0.4, -0.2) is 13.3 Å². The van der Waals surface area contributed by atoms with Gasteiger partial charge in [0.05, 0.1) is 0 Å². The lowest BCUT2D eigenvalue weighted by Crippen LogP contribution is -2.22. The van der Waals surface area contributed by atoms with E-state index >= 15 is 0 Å². The molecule has 2 aromatic rings. The molecule has 0 aliphatic carbocycles. The number of aryl methyl sites for hydroxylation is 1. The molecule has 0 spiro atoms. The summed E-state index contributed by atoms with van der Waals surface area (Å²) in [4.78, 5) is 9.37. The second kappa shape index (κ2) is 5.39. The van der Waals surface area contributed by atoms with Gasteiger partial charge in [-0.3, -0.25) is 4.74 Å². The molecule has 0 atom stereocenters. The van der Waals surface area contributed by atoms with E-state index in [0.717, 1.165) is 0 Å². The van der Waals surface area contributed by atoms with E-state index < -0.39 is 6.16 Å². The van der Waals surface area contributed by atoms with Gasteiger partial charge in [-0.15, -0.1) is 9.78 Å². The Morgan fingerprint density at radius 3 is 1.82 bits per heavy atom. The van der Waals surface area contributed by atoms with Crippen molar-refractivity contribution in [3.63, 3.8) is 0 Å². The fourth-order valence-corrected chi connectivity index (χ4v) is 2.40. The molecule has 1 heterocycles. The number of benzene rings is 2. The molecule has 0 aromatic heterocycles. The number of hydrogen-bond acceptors (Lipinski definition) is 4. The fraction of sp³-hybridized carbons (Fsp3) is 0.333. The molecule has 3 rings (SSSR count). The average molecular weight is 300 g/mol. The lowest BCUT2D eigenvalue weighted by atomic mass is 9.78. The highest BCUT2D eigenvalue weighted by molar-refractivity contribution is 5.40. The van der Waals surface area contributed by atoms with Crippen molar-refractivity contribution in [3.05, 3.63) is 65.2 Å². The smallest absolute Gasteiger partial charge is 0.413 e. The van der Waals surface area contributed by atoms with E-state index in [0.29, 0.717) is 5.75 Å². The zero-order valence-corrected chi connectivity index (χ0v) is 13.3. The lowest BCUT2D eigenvalue weighted by Gasteiger charge is -2.26. The predicted molar refractivity (Wildman–Crippen MR) is 82.3 cm³/mol. The summed E-state index contributed by atoms with van der Waals surface area (Å²) in [7, 11) is 1.46. The largest absolute Gasteiger partial charge is 0.515 e. The Kier molecular flexibility index (Phi) is 3.68. The van der Waals surface area contributed by atoms with Gasteiger partial charge in [-0.25, -0.2) is 0 Å². The van der Waals surface area contributed by atoms with Crippen molar-refractivity contribution in [2.75, 3.05) is 7.11 Å². The Morgan fingerprint density at radius 2 is 1.36 bits per heavy atom. The second-order valence-corrected chi connectivity index (χ2v) is 5.99. The molecule has 0 N–H and O–H groups in total. The summed E-state index contributed by atoms with van der Waals surface area (Å²) in [6.45, 7) is 6.51. The third-order valence-electron chi connectivity index (χ3n) is 4.06. The Morgan fingerprint density at radius 1 is 0.864 bits per heavy atom. The van der Waals surface area contributed by atoms with Crippen molar-refractivity contribution < 1.29 is 19.2 Å². The van der Waals surface area contributed by atoms with Gasteiger partial charge in [-0.2, -0.15) is 0 Å². The highest BCUT2D eigenvalue weighted by atomic mass is 17.5. The summed E-state index contributed by atoms with van der Waals surface area (Å²) in [6, 6.07) is 16.5. The first kappa shape index (κ1) is 15.0. The maximum atomic E-state index is 5.48. The Bertz CT molecular complexity index is 640. The van der Waals surface area contributed by atoms with Crippen molar-refractivity contribution in [1.29, 1.82) is 0 Å². The minimum absolute atomic E-state index is 0.0856. The maximum absolute atomic E-state index is 5.48. The van der Waals surface area contributed by atoms with E-state index in [-0.39, 0.29) is 5.41 Å². The van der Waals surface area contributed by atoms with E-state index in [1.165, 1.54) is 23.8 Å². The van der Waals surface area contributed by atoms with Crippen LogP contribution in [0.4, 0.5) is 0 Å². The van der Waals surface area contributed by atoms with Crippen molar-refractivity contribution in [1.82, 2.24) is 0 Å². The van der Waals surface area contributed by atoms with Gasteiger partial charge in [0.15, 0.2) is 0 Å². The summed E-state index contributed by atoms with van der Waals surface area (Å²) < 4.78 is 10.4. The van der Waals surface area contributed by atoms with Crippen LogP contribution < -0.4 is 4.74 Å². The predicted octanol–water partition coefficient (Wildman–Crippen LogP) is 3.92. The molecule has 4 nitrogen and oxygen atoms in total. The van der Waals surface area contributed by atoms with Crippen LogP contribution in [0.2, 0.25) is 0 Å². The third kappa shape index (κ3) is 2.86. The van der Waals surface area contributed by atoms with Crippen LogP contribution in [-0.2, 0) is 19.9 Å². The molecule has 0 saturated carbocycles. The van der Waals surface area contributed by atoms with Gasteiger partial charge in [0.1, 0.15) is 5.75 Å². The van der Waals surface area contributed by atoms with E-state index in [1.807, 2.05) is 24.3 Å². The first-order valence-electron chi connectivity index (χ1n) is 7.24. The highest BCUT2D eigenvalue weighted by Gasteiger charge is 2.55. The Labute approximate surface area is 130 Å². The molecule has 0 amide bonds. The first-order valence-corrected chi connectivity index (χ1v) is 7.24. The summed E-state index contributed by atoms with van der Waals surface area (Å²) in [5.74, 6) is 0.628. The molecule has 1 aliphatic rings. The summed E-state index contributed by atoms with van der Waals surface area (Å²) in [6.07, 6.45) is -1.37. The monoisotopic (exact) mass is 300 g/mol. The van der Waals surface area contributed by atoms with Crippen molar-refractivity contribution in [2.24, 2.45) is 0 Å². The maximum Gasteiger partial charge on any atom is 0.515 e. The molecule has 1 saturated heterocycles. The minimum atomic E-state index is -1.37. The zero-order valence-electron chi connectivity index (χ0n) is 13.3. The lowest BCUT2D eigenvalue weighted by molar-refractivity contribution is -0.172. The van der Waals surface area contributed by atoms with Crippen LogP contribution in [0.3, 0.4) is 0 Å². The molecular formula is C18H20O4. The number of hydrogen-bond donors (Lipinski definition) is 0. The van der Waals surface area contributed by atoms with Gasteiger partial charge >= 0.3 is 6.16 Å². The van der Waals surface area contributed by atoms with Crippen molar-refractivity contribution >= 4 is 0 Å². The molecule has 116 valence electrons. The second-order valence-electron chi connectivity index (χ2n) is 5.99. The molecule has 2 aromatic carbocycles. The van der Waals surface area contributed by atoms with E-state index in [2.05, 4.69) is 54.8 Å². The Hall–Kier alpha value is -1.88. The van der Waals surface area contributed by atoms with Crippen LogP contribution in [0, 0.1) is 6.92 Å². The summed E-state index contributed by atoms with van der Waals surface area (Å²) in [5, 5.41) is 0. The van der Waals surface area contributed by atoms with Crippen LogP contribution in [0.25, 0.3) is 0 Å². The molecule has 1 aliphatic heterocycles. The summed E-state index contributed by atoms with van der Waals surface area (Å²) in [5.41, 5.74) is 3.65. The van der Waals surface area contributed by atoms with Crippen molar-refractivity contribution in [3.8, 4) is 5.75 Å². The quantitative estimate of drug-likeness (QED) is 0.477. The number of methoxy groups -OCH3 is 1. The Balaban J connectivity index is 1.80. The molecule has 22 heavy (non-hydrogen) atoms. The van der Waals surface area contributed by atoms with Gasteiger partial charge in [-0.1, -0.05) is 55.8 Å². The molecule has 0 unspecified atom stereocenters. The SMILES string of the molecule is COC1(Oc2ccc(C(C)(C)c3ccc(C)cc3)cc2)OO1. The fourth-order valence-electron chi connectivity index (χ4n) is 2.40. The van der Waals surface area contributed by atoms with Crippen LogP contribution >= 0.6 is 0 Å². The standard InChI is InChI=1S/C18H20O4/c1-13-5-7-14(8-6-13)17(2,3)15-9-11-16(12-10-15)20-18(19-4)21-22-18/h5-12H,1-4H3. The molecule has 0 radical (unpaired) electrons. The van der Waals surface area contributed by atoms with Crippen molar-refractivity contribution in [2.45, 2.75) is 32.3 Å². The zero-order chi connectivity index (χ0) is 15.8. The van der Waals surface area contributed by atoms with Gasteiger partial charge < -0.3 is 4.74 Å². The molecule has 4 heteroatoms.